The molecule has 260 valence electrons. The third-order valence-corrected chi connectivity index (χ3v) is 11.6. The van der Waals surface area contributed by atoms with Gasteiger partial charge < -0.3 is 8.83 Å². The zero-order valence-electron chi connectivity index (χ0n) is 30.3. The van der Waals surface area contributed by atoms with Crippen LogP contribution in [-0.2, 0) is 0 Å². The maximum absolute atomic E-state index is 6.69. The zero-order chi connectivity index (χ0) is 36.7. The van der Waals surface area contributed by atoms with E-state index in [4.69, 9.17) is 8.83 Å². The Hall–Kier alpha value is -7.42. The fourth-order valence-electron chi connectivity index (χ4n) is 9.08. The number of hydrogen-bond acceptors (Lipinski definition) is 2. The molecule has 12 aromatic rings. The van der Waals surface area contributed by atoms with E-state index in [9.17, 15) is 0 Å². The summed E-state index contributed by atoms with van der Waals surface area (Å²) in [6.07, 6.45) is 0. The van der Waals surface area contributed by atoms with Crippen LogP contribution in [-0.4, -0.2) is 0 Å². The van der Waals surface area contributed by atoms with Gasteiger partial charge in [-0.1, -0.05) is 164 Å². The molecular weight excluding hydrogens is 681 g/mol. The lowest BCUT2D eigenvalue weighted by Gasteiger charge is -2.18. The molecule has 10 aromatic carbocycles. The van der Waals surface area contributed by atoms with Crippen molar-refractivity contribution in [2.24, 2.45) is 0 Å². The third kappa shape index (κ3) is 4.63. The minimum absolute atomic E-state index is 0.840. The predicted octanol–water partition coefficient (Wildman–Crippen LogP) is 15.6. The van der Waals surface area contributed by atoms with E-state index >= 15 is 0 Å². The molecule has 0 aliphatic carbocycles. The van der Waals surface area contributed by atoms with Crippen molar-refractivity contribution < 1.29 is 8.83 Å². The first kappa shape index (κ1) is 31.0. The highest BCUT2D eigenvalue weighted by molar-refractivity contribution is 6.24. The highest BCUT2D eigenvalue weighted by Crippen LogP contribution is 2.47. The van der Waals surface area contributed by atoms with Crippen molar-refractivity contribution in [1.82, 2.24) is 0 Å². The monoisotopic (exact) mass is 712 g/mol. The molecule has 0 bridgehead atoms. The van der Waals surface area contributed by atoms with Gasteiger partial charge in [0.2, 0.25) is 0 Å². The predicted molar refractivity (Wildman–Crippen MR) is 235 cm³/mol. The van der Waals surface area contributed by atoms with Crippen LogP contribution in [0.15, 0.2) is 203 Å². The van der Waals surface area contributed by atoms with Crippen molar-refractivity contribution in [3.05, 3.63) is 194 Å². The number of furan rings is 2. The van der Waals surface area contributed by atoms with Gasteiger partial charge in [-0.15, -0.1) is 0 Å². The fraction of sp³-hybridized carbons (Fsp3) is 0. The van der Waals surface area contributed by atoms with E-state index in [1.165, 1.54) is 60.1 Å². The highest BCUT2D eigenvalue weighted by Gasteiger charge is 2.22. The topological polar surface area (TPSA) is 26.3 Å². The summed E-state index contributed by atoms with van der Waals surface area (Å²) in [6, 6.07) is 69.8. The molecule has 2 nitrogen and oxygen atoms in total. The quantitative estimate of drug-likeness (QED) is 0.170. The summed E-state index contributed by atoms with van der Waals surface area (Å²) in [5.74, 6) is 0. The Bertz CT molecular complexity index is 3380. The third-order valence-electron chi connectivity index (χ3n) is 11.6. The first-order valence-corrected chi connectivity index (χ1v) is 19.2. The SMILES string of the molecule is c1cc(-c2c3ccccc3c(-c3ccc(-c4ccc5ccccc5c4)cc3)c3ccccc23)cc(-c2c3oc4ccccc4c3cc3c2oc2ccccc23)c1. The second-order valence-electron chi connectivity index (χ2n) is 14.8. The van der Waals surface area contributed by atoms with Gasteiger partial charge in [-0.2, -0.15) is 0 Å². The van der Waals surface area contributed by atoms with Crippen molar-refractivity contribution >= 4 is 76.2 Å². The Morgan fingerprint density at radius 2 is 0.679 bits per heavy atom. The maximum Gasteiger partial charge on any atom is 0.147 e. The van der Waals surface area contributed by atoms with Crippen molar-refractivity contribution in [3.63, 3.8) is 0 Å². The van der Waals surface area contributed by atoms with Crippen LogP contribution in [0.2, 0.25) is 0 Å². The molecule has 0 saturated heterocycles. The van der Waals surface area contributed by atoms with Crippen LogP contribution in [0.1, 0.15) is 0 Å². The Balaban J connectivity index is 1.07. The number of fused-ring (bicyclic) bond motifs is 9. The van der Waals surface area contributed by atoms with Crippen LogP contribution in [0.4, 0.5) is 0 Å². The first-order chi connectivity index (χ1) is 27.8. The molecule has 2 aromatic heterocycles. The number of rotatable bonds is 4. The summed E-state index contributed by atoms with van der Waals surface area (Å²) in [5.41, 5.74) is 12.7. The molecular formula is C54H32O2. The van der Waals surface area contributed by atoms with E-state index < -0.39 is 0 Å². The Morgan fingerprint density at radius 1 is 0.232 bits per heavy atom. The number of para-hydroxylation sites is 2. The van der Waals surface area contributed by atoms with Gasteiger partial charge in [0.05, 0.1) is 5.56 Å². The summed E-state index contributed by atoms with van der Waals surface area (Å²) in [4.78, 5) is 0. The molecule has 0 aliphatic rings. The van der Waals surface area contributed by atoms with E-state index in [1.807, 2.05) is 24.3 Å². The van der Waals surface area contributed by atoms with Gasteiger partial charge in [-0.3, -0.25) is 0 Å². The van der Waals surface area contributed by atoms with Crippen molar-refractivity contribution in [2.75, 3.05) is 0 Å². The molecule has 0 atom stereocenters. The standard InChI is InChI=1S/C54H32O2/c1-2-13-36-30-37(29-26-33(36)12-1)34-24-27-35(28-25-34)50-42-18-3-5-20-44(42)51(45-21-6-4-19-43(45)50)38-14-11-15-39(31-38)52-53-46(40-16-7-9-22-48(40)55-53)32-47-41-17-8-10-23-49(41)56-54(47)52/h1-32H. The Kier molecular flexibility index (Phi) is 6.66. The Labute approximate surface area is 322 Å². The van der Waals surface area contributed by atoms with Crippen LogP contribution in [0.25, 0.3) is 121 Å². The second kappa shape index (κ2) is 12.0. The average molecular weight is 713 g/mol. The maximum atomic E-state index is 6.69. The van der Waals surface area contributed by atoms with E-state index in [2.05, 4.69) is 170 Å². The molecule has 0 radical (unpaired) electrons. The average Bonchev–Trinajstić information content (AvgIpc) is 3.82. The molecule has 0 N–H and O–H groups in total. The van der Waals surface area contributed by atoms with Crippen molar-refractivity contribution in [1.29, 1.82) is 0 Å². The zero-order valence-corrected chi connectivity index (χ0v) is 30.3. The van der Waals surface area contributed by atoms with E-state index in [0.717, 1.165) is 60.6 Å². The van der Waals surface area contributed by atoms with Crippen LogP contribution in [0.3, 0.4) is 0 Å². The Morgan fingerprint density at radius 3 is 1.27 bits per heavy atom. The number of benzene rings is 10. The lowest BCUT2D eigenvalue weighted by Crippen LogP contribution is -1.91. The van der Waals surface area contributed by atoms with Crippen LogP contribution in [0, 0.1) is 0 Å². The molecule has 2 heterocycles. The highest BCUT2D eigenvalue weighted by atomic mass is 16.3. The van der Waals surface area contributed by atoms with Crippen molar-refractivity contribution in [2.45, 2.75) is 0 Å². The van der Waals surface area contributed by atoms with Gasteiger partial charge in [0.25, 0.3) is 0 Å². The summed E-state index contributed by atoms with van der Waals surface area (Å²) in [6.45, 7) is 0. The van der Waals surface area contributed by atoms with Gasteiger partial charge >= 0.3 is 0 Å². The van der Waals surface area contributed by atoms with Gasteiger partial charge in [0.1, 0.15) is 22.3 Å². The fourth-order valence-corrected chi connectivity index (χ4v) is 9.08. The molecule has 56 heavy (non-hydrogen) atoms. The summed E-state index contributed by atoms with van der Waals surface area (Å²) < 4.78 is 13.4. The molecule has 0 saturated carbocycles. The van der Waals surface area contributed by atoms with E-state index in [-0.39, 0.29) is 0 Å². The smallest absolute Gasteiger partial charge is 0.147 e. The molecule has 0 fully saturated rings. The van der Waals surface area contributed by atoms with Gasteiger partial charge in [-0.05, 0) is 102 Å². The first-order valence-electron chi connectivity index (χ1n) is 19.2. The number of hydrogen-bond donors (Lipinski definition) is 0. The summed E-state index contributed by atoms with van der Waals surface area (Å²) in [5, 5.41) is 11.8. The van der Waals surface area contributed by atoms with Crippen LogP contribution >= 0.6 is 0 Å². The summed E-state index contributed by atoms with van der Waals surface area (Å²) in [7, 11) is 0. The normalized spacial score (nSPS) is 11.9. The molecule has 0 amide bonds. The molecule has 0 aliphatic heterocycles. The largest absolute Gasteiger partial charge is 0.455 e. The van der Waals surface area contributed by atoms with E-state index in [0.29, 0.717) is 0 Å². The second-order valence-corrected chi connectivity index (χ2v) is 14.8. The minimum atomic E-state index is 0.840. The molecule has 0 unspecified atom stereocenters. The van der Waals surface area contributed by atoms with Gasteiger partial charge in [0, 0.05) is 21.5 Å². The summed E-state index contributed by atoms with van der Waals surface area (Å²) >= 11 is 0. The lowest BCUT2D eigenvalue weighted by molar-refractivity contribution is 0.658. The van der Waals surface area contributed by atoms with Gasteiger partial charge in [-0.25, -0.2) is 0 Å². The van der Waals surface area contributed by atoms with Crippen LogP contribution < -0.4 is 0 Å². The van der Waals surface area contributed by atoms with Crippen molar-refractivity contribution in [3.8, 4) is 44.5 Å². The van der Waals surface area contributed by atoms with Crippen LogP contribution in [0.5, 0.6) is 0 Å². The van der Waals surface area contributed by atoms with Gasteiger partial charge in [0.15, 0.2) is 0 Å². The molecule has 2 heteroatoms. The molecule has 12 rings (SSSR count). The molecule has 0 spiro atoms. The van der Waals surface area contributed by atoms with E-state index in [1.54, 1.807) is 0 Å². The minimum Gasteiger partial charge on any atom is -0.455 e. The lowest BCUT2D eigenvalue weighted by atomic mass is 9.85.